The third-order valence-corrected chi connectivity index (χ3v) is 6.45. The van der Waals surface area contributed by atoms with Crippen LogP contribution < -0.4 is 0 Å². The van der Waals surface area contributed by atoms with E-state index in [4.69, 9.17) is 0 Å². The third-order valence-electron chi connectivity index (χ3n) is 6.45. The Morgan fingerprint density at radius 3 is 2.37 bits per heavy atom. The van der Waals surface area contributed by atoms with Crippen molar-refractivity contribution in [1.82, 2.24) is 0 Å². The molecule has 3 aliphatic rings. The van der Waals surface area contributed by atoms with Crippen LogP contribution in [0.5, 0.6) is 0 Å². The van der Waals surface area contributed by atoms with Crippen molar-refractivity contribution in [3.63, 3.8) is 0 Å². The molecular weight excluding hydrogens is 228 g/mol. The fourth-order valence-corrected chi connectivity index (χ4v) is 5.60. The van der Waals surface area contributed by atoms with Crippen LogP contribution in [0.25, 0.3) is 0 Å². The maximum absolute atomic E-state index is 2.36. The first-order valence-corrected chi connectivity index (χ1v) is 8.47. The summed E-state index contributed by atoms with van der Waals surface area (Å²) in [6.45, 7) is 0. The number of rotatable bonds is 1. The van der Waals surface area contributed by atoms with Gasteiger partial charge in [-0.3, -0.25) is 0 Å². The van der Waals surface area contributed by atoms with Crippen molar-refractivity contribution in [2.45, 2.75) is 57.3 Å². The first-order chi connectivity index (χ1) is 9.42. The first-order valence-electron chi connectivity index (χ1n) is 8.47. The predicted octanol–water partition coefficient (Wildman–Crippen LogP) is 5.40. The highest BCUT2D eigenvalue weighted by atomic mass is 14.5. The molecule has 19 heavy (non-hydrogen) atoms. The van der Waals surface area contributed by atoms with Gasteiger partial charge in [0.15, 0.2) is 0 Å². The molecule has 5 unspecified atom stereocenters. The maximum atomic E-state index is 2.36. The molecule has 1 aromatic carbocycles. The molecule has 5 atom stereocenters. The van der Waals surface area contributed by atoms with E-state index in [9.17, 15) is 0 Å². The average molecular weight is 254 g/mol. The van der Waals surface area contributed by atoms with Crippen LogP contribution in [0.3, 0.4) is 0 Å². The summed E-state index contributed by atoms with van der Waals surface area (Å²) in [5.74, 6) is 5.21. The Labute approximate surface area is 117 Å². The molecule has 3 aliphatic carbocycles. The Balaban J connectivity index is 1.53. The van der Waals surface area contributed by atoms with Gasteiger partial charge in [0.25, 0.3) is 0 Å². The van der Waals surface area contributed by atoms with Crippen LogP contribution in [0.4, 0.5) is 0 Å². The molecule has 3 saturated carbocycles. The van der Waals surface area contributed by atoms with Crippen LogP contribution >= 0.6 is 0 Å². The van der Waals surface area contributed by atoms with Crippen molar-refractivity contribution in [3.8, 4) is 0 Å². The van der Waals surface area contributed by atoms with Gasteiger partial charge in [-0.05, 0) is 67.3 Å². The Hall–Kier alpha value is -0.780. The fraction of sp³-hybridized carbons (Fsp3) is 0.684. The van der Waals surface area contributed by atoms with E-state index < -0.39 is 0 Å². The highest BCUT2D eigenvalue weighted by Gasteiger charge is 2.45. The highest BCUT2D eigenvalue weighted by Crippen LogP contribution is 2.56. The van der Waals surface area contributed by atoms with Gasteiger partial charge >= 0.3 is 0 Å². The normalized spacial score (nSPS) is 41.6. The summed E-state index contributed by atoms with van der Waals surface area (Å²) in [7, 11) is 0. The monoisotopic (exact) mass is 254 g/mol. The van der Waals surface area contributed by atoms with Gasteiger partial charge in [-0.25, -0.2) is 0 Å². The SMILES string of the molecule is c1ccc(C2CC3CCC4CCCCC4C3C2)cc1. The number of hydrogen-bond acceptors (Lipinski definition) is 0. The van der Waals surface area contributed by atoms with Crippen LogP contribution in [-0.2, 0) is 0 Å². The zero-order chi connectivity index (χ0) is 12.7. The molecule has 1 aromatic rings. The fourth-order valence-electron chi connectivity index (χ4n) is 5.60. The summed E-state index contributed by atoms with van der Waals surface area (Å²) < 4.78 is 0. The van der Waals surface area contributed by atoms with E-state index in [2.05, 4.69) is 30.3 Å². The van der Waals surface area contributed by atoms with Crippen molar-refractivity contribution in [2.24, 2.45) is 23.7 Å². The summed E-state index contributed by atoms with van der Waals surface area (Å²) in [6, 6.07) is 11.3. The van der Waals surface area contributed by atoms with Gasteiger partial charge < -0.3 is 0 Å². The van der Waals surface area contributed by atoms with Gasteiger partial charge in [-0.15, -0.1) is 0 Å². The van der Waals surface area contributed by atoms with Crippen molar-refractivity contribution >= 4 is 0 Å². The van der Waals surface area contributed by atoms with Crippen molar-refractivity contribution in [3.05, 3.63) is 35.9 Å². The topological polar surface area (TPSA) is 0 Å². The number of benzene rings is 1. The summed E-state index contributed by atoms with van der Waals surface area (Å²) in [5, 5.41) is 0. The molecule has 0 aliphatic heterocycles. The van der Waals surface area contributed by atoms with Crippen molar-refractivity contribution in [2.75, 3.05) is 0 Å². The molecule has 0 bridgehead atoms. The zero-order valence-electron chi connectivity index (χ0n) is 11.9. The van der Waals surface area contributed by atoms with Gasteiger partial charge in [-0.2, -0.15) is 0 Å². The quantitative estimate of drug-likeness (QED) is 0.629. The van der Waals surface area contributed by atoms with Crippen LogP contribution in [-0.4, -0.2) is 0 Å². The second-order valence-corrected chi connectivity index (χ2v) is 7.29. The molecule has 0 amide bonds. The van der Waals surface area contributed by atoms with Crippen LogP contribution in [0.1, 0.15) is 62.8 Å². The predicted molar refractivity (Wildman–Crippen MR) is 80.1 cm³/mol. The lowest BCUT2D eigenvalue weighted by Crippen LogP contribution is -2.33. The lowest BCUT2D eigenvalue weighted by molar-refractivity contribution is 0.0728. The molecule has 3 fully saturated rings. The standard InChI is InChI=1S/C19H26/c1-2-6-14(7-3-1)17-12-16-11-10-15-8-4-5-9-18(15)19(16)13-17/h1-3,6-7,15-19H,4-5,8-13H2. The molecule has 0 heterocycles. The van der Waals surface area contributed by atoms with Crippen molar-refractivity contribution < 1.29 is 0 Å². The van der Waals surface area contributed by atoms with E-state index in [1.165, 1.54) is 32.1 Å². The smallest absolute Gasteiger partial charge is 0.0156 e. The molecule has 0 nitrogen and oxygen atoms in total. The molecule has 0 N–H and O–H groups in total. The summed E-state index contributed by atoms with van der Waals surface area (Å²) >= 11 is 0. The Bertz CT molecular complexity index is 421. The van der Waals surface area contributed by atoms with Gasteiger partial charge in [0, 0.05) is 0 Å². The van der Waals surface area contributed by atoms with Gasteiger partial charge in [0.05, 0.1) is 0 Å². The second-order valence-electron chi connectivity index (χ2n) is 7.29. The lowest BCUT2D eigenvalue weighted by Gasteiger charge is -2.43. The van der Waals surface area contributed by atoms with E-state index in [-0.39, 0.29) is 0 Å². The molecule has 0 saturated heterocycles. The molecule has 0 heteroatoms. The third kappa shape index (κ3) is 2.14. The van der Waals surface area contributed by atoms with Gasteiger partial charge in [0.2, 0.25) is 0 Å². The molecule has 4 rings (SSSR count). The molecular formula is C19H26. The maximum Gasteiger partial charge on any atom is -0.0156 e. The first kappa shape index (κ1) is 12.0. The minimum absolute atomic E-state index is 0.872. The van der Waals surface area contributed by atoms with E-state index >= 15 is 0 Å². The van der Waals surface area contributed by atoms with Gasteiger partial charge in [-0.1, -0.05) is 49.6 Å². The zero-order valence-corrected chi connectivity index (χ0v) is 11.9. The summed E-state index contributed by atoms with van der Waals surface area (Å²) in [6.07, 6.45) is 12.2. The van der Waals surface area contributed by atoms with Crippen LogP contribution in [0.15, 0.2) is 30.3 Å². The lowest BCUT2D eigenvalue weighted by atomic mass is 9.62. The Morgan fingerprint density at radius 2 is 1.47 bits per heavy atom. The van der Waals surface area contributed by atoms with Gasteiger partial charge in [0.1, 0.15) is 0 Å². The largest absolute Gasteiger partial charge is 0.0622 e. The molecule has 102 valence electrons. The van der Waals surface area contributed by atoms with E-state index in [1.54, 1.807) is 24.8 Å². The van der Waals surface area contributed by atoms with Crippen molar-refractivity contribution in [1.29, 1.82) is 0 Å². The minimum atomic E-state index is 0.872. The number of hydrogen-bond donors (Lipinski definition) is 0. The van der Waals surface area contributed by atoms with Crippen LogP contribution in [0, 0.1) is 23.7 Å². The molecule has 0 radical (unpaired) electrons. The average Bonchev–Trinajstić information content (AvgIpc) is 2.93. The van der Waals surface area contributed by atoms with E-state index in [0.29, 0.717) is 0 Å². The summed E-state index contributed by atoms with van der Waals surface area (Å²) in [5.41, 5.74) is 1.62. The Kier molecular flexibility index (Phi) is 3.13. The van der Waals surface area contributed by atoms with E-state index in [0.717, 1.165) is 29.6 Å². The second kappa shape index (κ2) is 4.96. The van der Waals surface area contributed by atoms with Crippen LogP contribution in [0.2, 0.25) is 0 Å². The summed E-state index contributed by atoms with van der Waals surface area (Å²) in [4.78, 5) is 0. The highest BCUT2D eigenvalue weighted by molar-refractivity contribution is 5.21. The Morgan fingerprint density at radius 1 is 0.684 bits per heavy atom. The molecule has 0 aromatic heterocycles. The number of fused-ring (bicyclic) bond motifs is 3. The molecule has 0 spiro atoms. The van der Waals surface area contributed by atoms with E-state index in [1.807, 2.05) is 0 Å². The minimum Gasteiger partial charge on any atom is -0.0622 e.